The van der Waals surface area contributed by atoms with Crippen molar-refractivity contribution in [3.63, 3.8) is 0 Å². The van der Waals surface area contributed by atoms with Gasteiger partial charge in [-0.15, -0.1) is 0 Å². The summed E-state index contributed by atoms with van der Waals surface area (Å²) in [6.07, 6.45) is 0.746. The van der Waals surface area contributed by atoms with E-state index < -0.39 is 5.97 Å². The zero-order chi connectivity index (χ0) is 21.0. The Kier molecular flexibility index (Phi) is 6.72. The summed E-state index contributed by atoms with van der Waals surface area (Å²) >= 11 is 6.19. The number of nitrogens with zero attached hydrogens (tertiary/aromatic N) is 1. The van der Waals surface area contributed by atoms with Crippen LogP contribution < -0.4 is 5.32 Å². The number of aromatic carboxylic acids is 1. The number of carbonyl (C=O) groups is 1. The molecule has 0 aliphatic heterocycles. The van der Waals surface area contributed by atoms with Crippen LogP contribution in [0.2, 0.25) is 5.02 Å². The number of benzene rings is 2. The first-order valence-electron chi connectivity index (χ1n) is 9.49. The monoisotopic (exact) mass is 414 g/mol. The van der Waals surface area contributed by atoms with E-state index >= 15 is 0 Å². The van der Waals surface area contributed by atoms with Crippen molar-refractivity contribution >= 4 is 17.6 Å². The van der Waals surface area contributed by atoms with Gasteiger partial charge < -0.3 is 15.0 Å². The highest BCUT2D eigenvalue weighted by atomic mass is 35.5. The summed E-state index contributed by atoms with van der Waals surface area (Å²) in [5.41, 5.74) is 4.04. The summed E-state index contributed by atoms with van der Waals surface area (Å²) in [5.74, 6) is -1.27. The zero-order valence-corrected chi connectivity index (χ0v) is 17.3. The Morgan fingerprint density at radius 3 is 2.38 bits per heavy atom. The predicted octanol–water partition coefficient (Wildman–Crippen LogP) is 4.98. The Morgan fingerprint density at radius 2 is 1.72 bits per heavy atom. The summed E-state index contributed by atoms with van der Waals surface area (Å²) in [6.45, 7) is 5.03. The van der Waals surface area contributed by atoms with E-state index in [1.807, 2.05) is 35.8 Å². The van der Waals surface area contributed by atoms with Crippen LogP contribution >= 0.6 is 11.6 Å². The Balaban J connectivity index is 1.78. The van der Waals surface area contributed by atoms with Gasteiger partial charge in [-0.2, -0.15) is 0 Å². The maximum atomic E-state index is 14.1. The van der Waals surface area contributed by atoms with Crippen molar-refractivity contribution in [3.05, 3.63) is 93.0 Å². The van der Waals surface area contributed by atoms with Gasteiger partial charge in [-0.3, -0.25) is 0 Å². The van der Waals surface area contributed by atoms with Gasteiger partial charge >= 0.3 is 5.97 Å². The predicted molar refractivity (Wildman–Crippen MR) is 113 cm³/mol. The van der Waals surface area contributed by atoms with E-state index in [4.69, 9.17) is 11.6 Å². The third-order valence-corrected chi connectivity index (χ3v) is 5.61. The van der Waals surface area contributed by atoms with E-state index in [0.29, 0.717) is 30.9 Å². The fraction of sp³-hybridized carbons (Fsp3) is 0.261. The molecule has 6 heteroatoms. The fourth-order valence-corrected chi connectivity index (χ4v) is 3.85. The second kappa shape index (κ2) is 9.25. The van der Waals surface area contributed by atoms with E-state index in [1.54, 1.807) is 25.1 Å². The maximum Gasteiger partial charge on any atom is 0.337 e. The van der Waals surface area contributed by atoms with Crippen LogP contribution in [0.1, 0.15) is 38.4 Å². The van der Waals surface area contributed by atoms with E-state index in [0.717, 1.165) is 28.3 Å². The van der Waals surface area contributed by atoms with E-state index in [9.17, 15) is 14.3 Å². The van der Waals surface area contributed by atoms with Crippen LogP contribution in [0.4, 0.5) is 4.39 Å². The smallest absolute Gasteiger partial charge is 0.337 e. The molecule has 29 heavy (non-hydrogen) atoms. The quantitative estimate of drug-likeness (QED) is 0.511. The molecule has 4 nitrogen and oxygen atoms in total. The molecule has 1 aromatic heterocycles. The molecule has 0 saturated heterocycles. The number of rotatable bonds is 8. The van der Waals surface area contributed by atoms with Crippen LogP contribution in [0.15, 0.2) is 48.5 Å². The molecule has 0 spiro atoms. The van der Waals surface area contributed by atoms with Gasteiger partial charge in [0.1, 0.15) is 5.82 Å². The van der Waals surface area contributed by atoms with E-state index in [-0.39, 0.29) is 11.4 Å². The first-order valence-corrected chi connectivity index (χ1v) is 9.87. The molecule has 0 unspecified atom stereocenters. The molecule has 0 radical (unpaired) electrons. The largest absolute Gasteiger partial charge is 0.478 e. The maximum absolute atomic E-state index is 14.1. The first-order chi connectivity index (χ1) is 13.9. The molecule has 0 aliphatic carbocycles. The van der Waals surface area contributed by atoms with Gasteiger partial charge in [0, 0.05) is 34.1 Å². The standard InChI is InChI=1S/C23H24ClFN2O2/c1-15-19(13-26-12-11-17-7-3-5-9-20(17)24)22(23(28)29)16(2)27(15)14-18-8-4-6-10-21(18)25/h3-10,26H,11-14H2,1-2H3,(H,28,29). The van der Waals surface area contributed by atoms with Crippen LogP contribution in [-0.2, 0) is 19.5 Å². The van der Waals surface area contributed by atoms with Gasteiger partial charge in [0.15, 0.2) is 0 Å². The average molecular weight is 415 g/mol. The minimum atomic E-state index is -0.971. The Labute approximate surface area is 174 Å². The second-order valence-electron chi connectivity index (χ2n) is 7.03. The van der Waals surface area contributed by atoms with Crippen LogP contribution in [0.5, 0.6) is 0 Å². The number of hydrogen-bond acceptors (Lipinski definition) is 2. The Hall–Kier alpha value is -2.63. The van der Waals surface area contributed by atoms with Crippen molar-refractivity contribution in [1.82, 2.24) is 9.88 Å². The molecule has 3 rings (SSSR count). The topological polar surface area (TPSA) is 54.3 Å². The van der Waals surface area contributed by atoms with Gasteiger partial charge in [0.05, 0.1) is 12.1 Å². The third kappa shape index (κ3) is 4.69. The fourth-order valence-electron chi connectivity index (χ4n) is 3.62. The third-order valence-electron chi connectivity index (χ3n) is 5.24. The van der Waals surface area contributed by atoms with Crippen molar-refractivity contribution in [2.45, 2.75) is 33.4 Å². The molecule has 1 heterocycles. The highest BCUT2D eigenvalue weighted by molar-refractivity contribution is 6.31. The van der Waals surface area contributed by atoms with Crippen molar-refractivity contribution in [2.75, 3.05) is 6.54 Å². The van der Waals surface area contributed by atoms with Crippen molar-refractivity contribution in [3.8, 4) is 0 Å². The van der Waals surface area contributed by atoms with Gasteiger partial charge in [-0.25, -0.2) is 9.18 Å². The summed E-state index contributed by atoms with van der Waals surface area (Å²) < 4.78 is 16.0. The second-order valence-corrected chi connectivity index (χ2v) is 7.43. The van der Waals surface area contributed by atoms with Crippen LogP contribution in [0.3, 0.4) is 0 Å². The van der Waals surface area contributed by atoms with Gasteiger partial charge in [0.25, 0.3) is 0 Å². The lowest BCUT2D eigenvalue weighted by Gasteiger charge is -2.11. The number of halogens is 2. The molecule has 0 saturated carbocycles. The van der Waals surface area contributed by atoms with Crippen LogP contribution in [0, 0.1) is 19.7 Å². The summed E-state index contributed by atoms with van der Waals surface area (Å²) in [4.78, 5) is 11.9. The van der Waals surface area contributed by atoms with E-state index in [2.05, 4.69) is 5.32 Å². The Morgan fingerprint density at radius 1 is 1.07 bits per heavy atom. The molecule has 3 aromatic rings. The summed E-state index contributed by atoms with van der Waals surface area (Å²) in [6, 6.07) is 14.2. The normalized spacial score (nSPS) is 11.0. The molecule has 0 amide bonds. The molecule has 152 valence electrons. The number of carboxylic acids is 1. The van der Waals surface area contributed by atoms with Crippen LogP contribution in [-0.4, -0.2) is 22.2 Å². The van der Waals surface area contributed by atoms with Crippen LogP contribution in [0.25, 0.3) is 0 Å². The SMILES string of the molecule is Cc1c(CNCCc2ccccc2Cl)c(C(=O)O)c(C)n1Cc1ccccc1F. The van der Waals surface area contributed by atoms with Crippen molar-refractivity contribution in [2.24, 2.45) is 0 Å². The lowest BCUT2D eigenvalue weighted by molar-refractivity contribution is 0.0694. The minimum absolute atomic E-state index is 0.282. The number of carboxylic acid groups (broad SMARTS) is 1. The van der Waals surface area contributed by atoms with Gasteiger partial charge in [0.2, 0.25) is 0 Å². The van der Waals surface area contributed by atoms with Crippen molar-refractivity contribution in [1.29, 1.82) is 0 Å². The minimum Gasteiger partial charge on any atom is -0.478 e. The summed E-state index contributed by atoms with van der Waals surface area (Å²) in [5, 5.41) is 13.8. The zero-order valence-electron chi connectivity index (χ0n) is 16.5. The van der Waals surface area contributed by atoms with E-state index in [1.165, 1.54) is 6.07 Å². The van der Waals surface area contributed by atoms with Gasteiger partial charge in [-0.05, 0) is 44.5 Å². The number of hydrogen-bond donors (Lipinski definition) is 2. The lowest BCUT2D eigenvalue weighted by Crippen LogP contribution is -2.19. The highest BCUT2D eigenvalue weighted by Crippen LogP contribution is 2.24. The molecular formula is C23H24ClFN2O2. The average Bonchev–Trinajstić information content (AvgIpc) is 2.92. The van der Waals surface area contributed by atoms with Gasteiger partial charge in [-0.1, -0.05) is 48.0 Å². The molecular weight excluding hydrogens is 391 g/mol. The Bertz CT molecular complexity index is 1030. The first kappa shape index (κ1) is 21.1. The molecule has 0 bridgehead atoms. The lowest BCUT2D eigenvalue weighted by atomic mass is 10.1. The molecule has 0 aliphatic rings. The van der Waals surface area contributed by atoms with Crippen molar-refractivity contribution < 1.29 is 14.3 Å². The molecule has 2 aromatic carbocycles. The molecule has 0 fully saturated rings. The number of aromatic nitrogens is 1. The summed E-state index contributed by atoms with van der Waals surface area (Å²) in [7, 11) is 0. The molecule has 0 atom stereocenters. The number of nitrogens with one attached hydrogen (secondary N) is 1. The highest BCUT2D eigenvalue weighted by Gasteiger charge is 2.22. The molecule has 2 N–H and O–H groups in total.